The van der Waals surface area contributed by atoms with E-state index in [1.54, 1.807) is 18.3 Å². The van der Waals surface area contributed by atoms with Crippen LogP contribution < -0.4 is 20.3 Å². The van der Waals surface area contributed by atoms with Crippen molar-refractivity contribution in [3.63, 3.8) is 0 Å². The number of carbonyl (C=O) groups is 1. The number of ether oxygens (including phenoxy) is 1. The maximum atomic E-state index is 12.9. The number of anilines is 2. The van der Waals surface area contributed by atoms with Crippen LogP contribution in [0.25, 0.3) is 10.9 Å². The van der Waals surface area contributed by atoms with Crippen molar-refractivity contribution in [2.45, 2.75) is 25.9 Å². The average Bonchev–Trinajstić information content (AvgIpc) is 2.72. The highest BCUT2D eigenvalue weighted by atomic mass is 16.5. The summed E-state index contributed by atoms with van der Waals surface area (Å²) in [5.74, 6) is -0.280. The van der Waals surface area contributed by atoms with E-state index in [4.69, 9.17) is 4.74 Å². The number of nitrogens with one attached hydrogen (secondary N) is 2. The quantitative estimate of drug-likeness (QED) is 0.692. The molecule has 1 saturated heterocycles. The van der Waals surface area contributed by atoms with Crippen molar-refractivity contribution in [1.29, 1.82) is 0 Å². The number of methoxy groups -OCH3 is 1. The van der Waals surface area contributed by atoms with Gasteiger partial charge in [0.15, 0.2) is 0 Å². The Balaban J connectivity index is 1.77. The van der Waals surface area contributed by atoms with Crippen LogP contribution in [0.2, 0.25) is 0 Å². The molecule has 29 heavy (non-hydrogen) atoms. The minimum Gasteiger partial charge on any atom is -0.467 e. The molecule has 1 fully saturated rings. The molecule has 0 aliphatic carbocycles. The monoisotopic (exact) mass is 393 g/mol. The van der Waals surface area contributed by atoms with E-state index in [1.807, 2.05) is 6.07 Å². The van der Waals surface area contributed by atoms with Gasteiger partial charge in [-0.05, 0) is 32.0 Å². The first-order chi connectivity index (χ1) is 14.0. The van der Waals surface area contributed by atoms with Crippen LogP contribution in [-0.4, -0.2) is 58.4 Å². The molecule has 2 atom stereocenters. The molecule has 0 saturated carbocycles. The van der Waals surface area contributed by atoms with E-state index in [2.05, 4.69) is 49.5 Å². The fraction of sp³-hybridized carbons (Fsp3) is 0.350. The van der Waals surface area contributed by atoms with E-state index in [0.29, 0.717) is 28.9 Å². The Morgan fingerprint density at radius 3 is 2.66 bits per heavy atom. The third-order valence-corrected chi connectivity index (χ3v) is 4.87. The summed E-state index contributed by atoms with van der Waals surface area (Å²) in [6, 6.07) is 6.37. The molecule has 1 aromatic carbocycles. The molecule has 0 unspecified atom stereocenters. The van der Waals surface area contributed by atoms with Gasteiger partial charge in [-0.1, -0.05) is 0 Å². The molecule has 4 rings (SSSR count). The van der Waals surface area contributed by atoms with Gasteiger partial charge in [0.1, 0.15) is 0 Å². The van der Waals surface area contributed by atoms with Gasteiger partial charge in [0, 0.05) is 42.4 Å². The Hall–Kier alpha value is -3.33. The topological polar surface area (TPSA) is 105 Å². The number of carbonyl (C=O) groups excluding carboxylic acids is 1. The van der Waals surface area contributed by atoms with Gasteiger partial charge in [-0.3, -0.25) is 4.79 Å². The number of rotatable bonds is 4. The first kappa shape index (κ1) is 19.0. The number of nitrogens with zero attached hydrogens (tertiary/aromatic N) is 5. The lowest BCUT2D eigenvalue weighted by atomic mass is 10.0. The molecule has 2 N–H and O–H groups in total. The summed E-state index contributed by atoms with van der Waals surface area (Å²) in [6.45, 7) is 6.04. The Morgan fingerprint density at radius 2 is 1.97 bits per heavy atom. The van der Waals surface area contributed by atoms with Gasteiger partial charge in [-0.15, -0.1) is 0 Å². The average molecular weight is 393 g/mol. The normalized spacial score (nSPS) is 19.2. The van der Waals surface area contributed by atoms with Crippen molar-refractivity contribution in [2.75, 3.05) is 30.4 Å². The summed E-state index contributed by atoms with van der Waals surface area (Å²) in [5, 5.41) is 14.7. The molecule has 2 aromatic heterocycles. The zero-order valence-corrected chi connectivity index (χ0v) is 16.6. The van der Waals surface area contributed by atoms with Crippen LogP contribution in [-0.2, 0) is 0 Å². The van der Waals surface area contributed by atoms with Crippen LogP contribution in [0.1, 0.15) is 24.2 Å². The molecule has 0 radical (unpaired) electrons. The highest BCUT2D eigenvalue weighted by Crippen LogP contribution is 2.30. The second-order valence-electron chi connectivity index (χ2n) is 7.21. The van der Waals surface area contributed by atoms with E-state index in [1.165, 1.54) is 19.5 Å². The first-order valence-corrected chi connectivity index (χ1v) is 9.48. The Morgan fingerprint density at radius 1 is 1.17 bits per heavy atom. The Bertz CT molecular complexity index is 1020. The number of piperazine rings is 1. The van der Waals surface area contributed by atoms with Gasteiger partial charge in [0.25, 0.3) is 5.91 Å². The summed E-state index contributed by atoms with van der Waals surface area (Å²) < 4.78 is 5.20. The SMILES string of the molecule is COc1ncc2c(N3C[C@H](C)N[C@@H](C)C3)ccc(C(=O)Nc3ccnnc3)c2n1. The number of hydrogen-bond acceptors (Lipinski definition) is 8. The molecule has 9 heteroatoms. The van der Waals surface area contributed by atoms with Crippen molar-refractivity contribution in [1.82, 2.24) is 25.5 Å². The maximum Gasteiger partial charge on any atom is 0.316 e. The molecule has 1 aliphatic heterocycles. The molecule has 0 spiro atoms. The van der Waals surface area contributed by atoms with E-state index in [0.717, 1.165) is 24.2 Å². The minimum atomic E-state index is -0.280. The molecular weight excluding hydrogens is 370 g/mol. The third-order valence-electron chi connectivity index (χ3n) is 4.87. The molecule has 3 aromatic rings. The summed E-state index contributed by atoms with van der Waals surface area (Å²) in [5.41, 5.74) is 2.56. The lowest BCUT2D eigenvalue weighted by Gasteiger charge is -2.38. The van der Waals surface area contributed by atoms with Crippen molar-refractivity contribution in [3.05, 3.63) is 42.4 Å². The van der Waals surface area contributed by atoms with Gasteiger partial charge < -0.3 is 20.3 Å². The lowest BCUT2D eigenvalue weighted by Crippen LogP contribution is -2.54. The number of hydrogen-bond donors (Lipinski definition) is 2. The van der Waals surface area contributed by atoms with Gasteiger partial charge in [0.2, 0.25) is 0 Å². The summed E-state index contributed by atoms with van der Waals surface area (Å²) >= 11 is 0. The van der Waals surface area contributed by atoms with Gasteiger partial charge in [0.05, 0.1) is 36.3 Å². The Labute approximate surface area is 168 Å². The van der Waals surface area contributed by atoms with Crippen molar-refractivity contribution in [3.8, 4) is 6.01 Å². The predicted molar refractivity (Wildman–Crippen MR) is 110 cm³/mol. The second-order valence-corrected chi connectivity index (χ2v) is 7.21. The third kappa shape index (κ3) is 3.95. The summed E-state index contributed by atoms with van der Waals surface area (Å²) in [7, 11) is 1.51. The molecule has 1 amide bonds. The molecule has 150 valence electrons. The van der Waals surface area contributed by atoms with Gasteiger partial charge in [-0.25, -0.2) is 4.98 Å². The molecule has 9 nitrogen and oxygen atoms in total. The van der Waals surface area contributed by atoms with Gasteiger partial charge in [-0.2, -0.15) is 15.2 Å². The van der Waals surface area contributed by atoms with Crippen LogP contribution in [0.5, 0.6) is 6.01 Å². The van der Waals surface area contributed by atoms with E-state index >= 15 is 0 Å². The number of benzene rings is 1. The molecule has 3 heterocycles. The standard InChI is InChI=1S/C20H23N7O2/c1-12-10-27(11-13(2)24-12)17-5-4-15(18-16(17)9-21-20(26-18)29-3)19(28)25-14-6-7-22-23-8-14/h4-9,12-13,24H,10-11H2,1-3H3,(H,22,25,28)/t12-,13-/m0/s1. The van der Waals surface area contributed by atoms with E-state index in [9.17, 15) is 4.79 Å². The highest BCUT2D eigenvalue weighted by molar-refractivity contribution is 6.13. The van der Waals surface area contributed by atoms with Crippen LogP contribution >= 0.6 is 0 Å². The summed E-state index contributed by atoms with van der Waals surface area (Å²) in [6.07, 6.45) is 4.74. The van der Waals surface area contributed by atoms with Crippen LogP contribution in [0.3, 0.4) is 0 Å². The van der Waals surface area contributed by atoms with Crippen molar-refractivity contribution < 1.29 is 9.53 Å². The van der Waals surface area contributed by atoms with E-state index in [-0.39, 0.29) is 11.9 Å². The molecule has 0 bridgehead atoms. The Kier molecular flexibility index (Phi) is 5.22. The lowest BCUT2D eigenvalue weighted by molar-refractivity contribution is 0.102. The first-order valence-electron chi connectivity index (χ1n) is 9.48. The summed E-state index contributed by atoms with van der Waals surface area (Å²) in [4.78, 5) is 24.0. The minimum absolute atomic E-state index is 0.219. The van der Waals surface area contributed by atoms with Gasteiger partial charge >= 0.3 is 6.01 Å². The fourth-order valence-corrected chi connectivity index (χ4v) is 3.73. The number of amides is 1. The fourth-order valence-electron chi connectivity index (χ4n) is 3.73. The molecular formula is C20H23N7O2. The largest absolute Gasteiger partial charge is 0.467 e. The van der Waals surface area contributed by atoms with Crippen LogP contribution in [0, 0.1) is 0 Å². The number of fused-ring (bicyclic) bond motifs is 1. The van der Waals surface area contributed by atoms with E-state index < -0.39 is 0 Å². The smallest absolute Gasteiger partial charge is 0.316 e. The van der Waals surface area contributed by atoms with Crippen LogP contribution in [0.4, 0.5) is 11.4 Å². The molecule has 1 aliphatic rings. The maximum absolute atomic E-state index is 12.9. The van der Waals surface area contributed by atoms with Crippen molar-refractivity contribution in [2.24, 2.45) is 0 Å². The zero-order chi connectivity index (χ0) is 20.4. The highest BCUT2D eigenvalue weighted by Gasteiger charge is 2.24. The van der Waals surface area contributed by atoms with Crippen LogP contribution in [0.15, 0.2) is 36.8 Å². The predicted octanol–water partition coefficient (Wildman–Crippen LogP) is 1.87. The number of aromatic nitrogens is 4. The van der Waals surface area contributed by atoms with Crippen molar-refractivity contribution >= 4 is 28.2 Å². The zero-order valence-electron chi connectivity index (χ0n) is 16.6. The second kappa shape index (κ2) is 7.96.